The summed E-state index contributed by atoms with van der Waals surface area (Å²) in [4.78, 5) is 13.7. The van der Waals surface area contributed by atoms with E-state index in [1.54, 1.807) is 23.5 Å². The molecule has 198 valence electrons. The number of rotatable bonds is 9. The Morgan fingerprint density at radius 2 is 1.79 bits per heavy atom. The van der Waals surface area contributed by atoms with Crippen LogP contribution in [0.1, 0.15) is 36.8 Å². The van der Waals surface area contributed by atoms with Crippen molar-refractivity contribution < 1.29 is 27.4 Å². The van der Waals surface area contributed by atoms with Crippen molar-refractivity contribution >= 4 is 15.8 Å². The Morgan fingerprint density at radius 3 is 2.55 bits per heavy atom. The summed E-state index contributed by atoms with van der Waals surface area (Å²) in [6.07, 6.45) is 3.66. The van der Waals surface area contributed by atoms with E-state index in [1.165, 1.54) is 0 Å². The van der Waals surface area contributed by atoms with Gasteiger partial charge in [-0.2, -0.15) is 4.31 Å². The number of hydrogen-bond donors (Lipinski definition) is 0. The maximum Gasteiger partial charge on any atom is 0.243 e. The molecule has 3 aliphatic rings. The van der Waals surface area contributed by atoms with E-state index in [-0.39, 0.29) is 23.5 Å². The van der Waals surface area contributed by atoms with Gasteiger partial charge in [0.15, 0.2) is 11.5 Å². The van der Waals surface area contributed by atoms with Gasteiger partial charge in [0.1, 0.15) is 5.78 Å². The first kappa shape index (κ1) is 25.1. The molecule has 38 heavy (non-hydrogen) atoms. The zero-order valence-electron chi connectivity index (χ0n) is 21.4. The largest absolute Gasteiger partial charge is 0.454 e. The second-order valence-corrected chi connectivity index (χ2v) is 12.2. The molecule has 3 aromatic carbocycles. The average molecular weight is 534 g/mol. The van der Waals surface area contributed by atoms with Gasteiger partial charge in [-0.05, 0) is 72.2 Å². The molecule has 0 bridgehead atoms. The van der Waals surface area contributed by atoms with Crippen LogP contribution in [-0.2, 0) is 31.4 Å². The molecule has 0 aromatic heterocycles. The number of fused-ring (bicyclic) bond motifs is 1. The lowest BCUT2D eigenvalue weighted by atomic mass is 9.87. The van der Waals surface area contributed by atoms with Crippen LogP contribution in [0.2, 0.25) is 0 Å². The molecule has 7 nitrogen and oxygen atoms in total. The smallest absolute Gasteiger partial charge is 0.243 e. The topological polar surface area (TPSA) is 82.1 Å². The van der Waals surface area contributed by atoms with Crippen molar-refractivity contribution in [3.8, 4) is 22.6 Å². The monoisotopic (exact) mass is 533 g/mol. The molecule has 1 saturated carbocycles. The Balaban J connectivity index is 1.18. The Morgan fingerprint density at radius 1 is 1.00 bits per heavy atom. The number of sulfonamides is 1. The molecular formula is C30H31NO6S. The fraction of sp³-hybridized carbons (Fsp3) is 0.367. The van der Waals surface area contributed by atoms with E-state index < -0.39 is 15.4 Å². The van der Waals surface area contributed by atoms with E-state index in [0.717, 1.165) is 53.7 Å². The van der Waals surface area contributed by atoms with Crippen LogP contribution < -0.4 is 9.47 Å². The highest BCUT2D eigenvalue weighted by Crippen LogP contribution is 2.51. The second-order valence-electron chi connectivity index (χ2n) is 10.3. The van der Waals surface area contributed by atoms with Gasteiger partial charge in [-0.1, -0.05) is 42.5 Å². The maximum absolute atomic E-state index is 13.4. The van der Waals surface area contributed by atoms with Crippen LogP contribution in [-0.4, -0.2) is 51.6 Å². The fourth-order valence-corrected chi connectivity index (χ4v) is 7.38. The summed E-state index contributed by atoms with van der Waals surface area (Å²) in [5.74, 6) is 1.62. The zero-order chi connectivity index (χ0) is 26.3. The highest BCUT2D eigenvalue weighted by molar-refractivity contribution is 7.89. The third kappa shape index (κ3) is 4.51. The van der Waals surface area contributed by atoms with Crippen molar-refractivity contribution in [1.82, 2.24) is 4.31 Å². The molecule has 0 unspecified atom stereocenters. The summed E-state index contributed by atoms with van der Waals surface area (Å²) < 4.78 is 44.2. The number of Topliss-reactive ketones (excluding diaryl/α,β-unsaturated/α-hetero) is 1. The number of nitrogens with zero attached hydrogens (tertiary/aromatic N) is 1. The fourth-order valence-electron chi connectivity index (χ4n) is 5.70. The van der Waals surface area contributed by atoms with Gasteiger partial charge in [-0.25, -0.2) is 8.42 Å². The van der Waals surface area contributed by atoms with Crippen molar-refractivity contribution in [3.05, 3.63) is 77.9 Å². The Hall–Kier alpha value is -3.20. The van der Waals surface area contributed by atoms with E-state index in [4.69, 9.17) is 14.2 Å². The van der Waals surface area contributed by atoms with Crippen LogP contribution >= 0.6 is 0 Å². The van der Waals surface area contributed by atoms with Gasteiger partial charge >= 0.3 is 0 Å². The van der Waals surface area contributed by atoms with Gasteiger partial charge in [0.05, 0.1) is 16.9 Å². The van der Waals surface area contributed by atoms with Crippen molar-refractivity contribution in [1.29, 1.82) is 0 Å². The normalized spacial score (nSPS) is 20.0. The number of carbonyl (C=O) groups is 1. The highest BCUT2D eigenvalue weighted by Gasteiger charge is 2.50. The highest BCUT2D eigenvalue weighted by atomic mass is 32.2. The summed E-state index contributed by atoms with van der Waals surface area (Å²) in [6, 6.07) is 20.6. The van der Waals surface area contributed by atoms with E-state index in [1.807, 2.05) is 54.6 Å². The molecule has 1 aliphatic carbocycles. The summed E-state index contributed by atoms with van der Waals surface area (Å²) in [6.45, 7) is 1.13. The first-order valence-electron chi connectivity index (χ1n) is 13.0. The minimum absolute atomic E-state index is 0.119. The molecule has 0 N–H and O–H groups in total. The van der Waals surface area contributed by atoms with E-state index in [2.05, 4.69) is 0 Å². The summed E-state index contributed by atoms with van der Waals surface area (Å²) in [5.41, 5.74) is 3.33. The second kappa shape index (κ2) is 9.84. The standard InChI is InChI=1S/C30H31NO6S/c1-35-19-25-6-3-15-31(25)38(33,34)26-10-7-22(8-11-26)23-5-2-4-21(16-23)17-29(32)30(13-14-30)24-9-12-27-28(18-24)37-20-36-27/h2,4-5,7-12,16,18,25H,3,6,13-15,17,19-20H2,1H3/t25-/m0/s1. The van der Waals surface area contributed by atoms with E-state index >= 15 is 0 Å². The maximum atomic E-state index is 13.4. The first-order chi connectivity index (χ1) is 18.4. The molecular weight excluding hydrogens is 502 g/mol. The number of ketones is 1. The quantitative estimate of drug-likeness (QED) is 0.396. The van der Waals surface area contributed by atoms with Crippen LogP contribution in [0.15, 0.2) is 71.6 Å². The molecule has 0 radical (unpaired) electrons. The third-order valence-electron chi connectivity index (χ3n) is 7.98. The van der Waals surface area contributed by atoms with Crippen LogP contribution in [0, 0.1) is 0 Å². The summed E-state index contributed by atoms with van der Waals surface area (Å²) >= 11 is 0. The number of ether oxygens (including phenoxy) is 3. The predicted octanol–water partition coefficient (Wildman–Crippen LogP) is 4.73. The van der Waals surface area contributed by atoms with Crippen molar-refractivity contribution in [2.24, 2.45) is 0 Å². The third-order valence-corrected chi connectivity index (χ3v) is 9.94. The molecule has 0 spiro atoms. The van der Waals surface area contributed by atoms with Gasteiger partial charge in [0, 0.05) is 26.1 Å². The molecule has 2 aliphatic heterocycles. The minimum Gasteiger partial charge on any atom is -0.454 e. The van der Waals surface area contributed by atoms with Gasteiger partial charge in [0.2, 0.25) is 16.8 Å². The lowest BCUT2D eigenvalue weighted by Gasteiger charge is -2.23. The summed E-state index contributed by atoms with van der Waals surface area (Å²) in [5, 5.41) is 0. The number of methoxy groups -OCH3 is 1. The molecule has 8 heteroatoms. The van der Waals surface area contributed by atoms with Crippen LogP contribution in [0.3, 0.4) is 0 Å². The predicted molar refractivity (Wildman–Crippen MR) is 143 cm³/mol. The van der Waals surface area contributed by atoms with Crippen molar-refractivity contribution in [2.45, 2.75) is 48.5 Å². The Labute approximate surface area is 223 Å². The molecule has 1 saturated heterocycles. The lowest BCUT2D eigenvalue weighted by Crippen LogP contribution is -2.38. The van der Waals surface area contributed by atoms with Gasteiger partial charge in [-0.15, -0.1) is 0 Å². The number of benzene rings is 3. The zero-order valence-corrected chi connectivity index (χ0v) is 22.2. The SMILES string of the molecule is COC[C@@H]1CCCN1S(=O)(=O)c1ccc(-c2cccc(CC(=O)C3(c4ccc5c(c4)OCO5)CC3)c2)cc1. The van der Waals surface area contributed by atoms with E-state index in [9.17, 15) is 13.2 Å². The minimum atomic E-state index is -3.58. The number of hydrogen-bond acceptors (Lipinski definition) is 6. The van der Waals surface area contributed by atoms with Crippen molar-refractivity contribution in [3.63, 3.8) is 0 Å². The lowest BCUT2D eigenvalue weighted by molar-refractivity contribution is -0.120. The van der Waals surface area contributed by atoms with Crippen LogP contribution in [0.4, 0.5) is 0 Å². The molecule has 2 heterocycles. The van der Waals surface area contributed by atoms with Crippen LogP contribution in [0.5, 0.6) is 11.5 Å². The van der Waals surface area contributed by atoms with E-state index in [0.29, 0.717) is 25.3 Å². The first-order valence-corrected chi connectivity index (χ1v) is 14.5. The molecule has 3 aromatic rings. The van der Waals surface area contributed by atoms with Crippen molar-refractivity contribution in [2.75, 3.05) is 27.1 Å². The van der Waals surface area contributed by atoms with Crippen LogP contribution in [0.25, 0.3) is 11.1 Å². The molecule has 1 atom stereocenters. The van der Waals surface area contributed by atoms with Gasteiger partial charge in [-0.3, -0.25) is 4.79 Å². The van der Waals surface area contributed by atoms with Gasteiger partial charge < -0.3 is 14.2 Å². The summed E-state index contributed by atoms with van der Waals surface area (Å²) in [7, 11) is -1.98. The Kier molecular flexibility index (Phi) is 6.50. The molecule has 0 amide bonds. The molecule has 2 fully saturated rings. The van der Waals surface area contributed by atoms with Gasteiger partial charge in [0.25, 0.3) is 0 Å². The molecule has 6 rings (SSSR count). The Bertz CT molecular complexity index is 1460. The average Bonchev–Trinajstić information content (AvgIpc) is 3.37. The number of carbonyl (C=O) groups excluding carboxylic acids is 1.